The van der Waals surface area contributed by atoms with Crippen molar-refractivity contribution in [2.45, 2.75) is 21.1 Å². The van der Waals surface area contributed by atoms with Crippen molar-refractivity contribution in [3.63, 3.8) is 0 Å². The minimum Gasteiger partial charge on any atom is -0.606 e. The molecule has 0 bridgehead atoms. The molecule has 1 aliphatic rings. The van der Waals surface area contributed by atoms with Gasteiger partial charge in [0.1, 0.15) is 0 Å². The Labute approximate surface area is 114 Å². The zero-order valence-electron chi connectivity index (χ0n) is 9.74. The molecule has 3 rings (SSSR count). The van der Waals surface area contributed by atoms with Crippen molar-refractivity contribution in [1.82, 2.24) is 0 Å². The topological polar surface area (TPSA) is 77.4 Å². The number of hydrogen-bond donors (Lipinski definition) is 1. The van der Waals surface area contributed by atoms with Crippen LogP contribution in [0.15, 0.2) is 57.2 Å². The van der Waals surface area contributed by atoms with E-state index in [4.69, 9.17) is 4.55 Å². The third-order valence-electron chi connectivity index (χ3n) is 3.09. The van der Waals surface area contributed by atoms with E-state index in [-0.39, 0.29) is 4.90 Å². The number of rotatable bonds is 1. The van der Waals surface area contributed by atoms with Gasteiger partial charge >= 0.3 is 0 Å². The normalized spacial score (nSPS) is 17.7. The van der Waals surface area contributed by atoms with Crippen molar-refractivity contribution in [2.75, 3.05) is 0 Å². The molecule has 98 valence electrons. The summed E-state index contributed by atoms with van der Waals surface area (Å²) in [6.45, 7) is 0. The average molecular weight is 294 g/mol. The molecule has 0 amide bonds. The number of fused-ring (bicyclic) bond motifs is 2. The molecule has 1 heterocycles. The molecule has 0 fully saturated rings. The molecule has 0 radical (unpaired) electrons. The quantitative estimate of drug-likeness (QED) is 0.644. The van der Waals surface area contributed by atoms with Gasteiger partial charge in [0.2, 0.25) is 0 Å². The summed E-state index contributed by atoms with van der Waals surface area (Å²) < 4.78 is 43.7. The molecule has 1 unspecified atom stereocenters. The Morgan fingerprint density at radius 2 is 1.74 bits per heavy atom. The maximum atomic E-state index is 12.4. The molecule has 19 heavy (non-hydrogen) atoms. The Kier molecular flexibility index (Phi) is 2.90. The highest BCUT2D eigenvalue weighted by Gasteiger charge is 2.29. The second kappa shape index (κ2) is 4.35. The highest BCUT2D eigenvalue weighted by atomic mass is 32.2. The lowest BCUT2D eigenvalue weighted by molar-refractivity contribution is 0.483. The van der Waals surface area contributed by atoms with Crippen LogP contribution in [0, 0.1) is 0 Å². The smallest absolute Gasteiger partial charge is 0.294 e. The zero-order valence-corrected chi connectivity index (χ0v) is 11.4. The fourth-order valence-corrected chi connectivity index (χ4v) is 4.18. The van der Waals surface area contributed by atoms with Gasteiger partial charge in [-0.15, -0.1) is 0 Å². The molecule has 1 atom stereocenters. The van der Waals surface area contributed by atoms with Crippen molar-refractivity contribution >= 4 is 21.3 Å². The van der Waals surface area contributed by atoms with E-state index in [0.717, 1.165) is 11.1 Å². The Balaban J connectivity index is 2.17. The first-order valence-electron chi connectivity index (χ1n) is 5.57. The number of benzene rings is 2. The second-order valence-corrected chi connectivity index (χ2v) is 7.14. The Hall–Kier alpha value is -1.34. The van der Waals surface area contributed by atoms with E-state index in [2.05, 4.69) is 0 Å². The van der Waals surface area contributed by atoms with Crippen molar-refractivity contribution in [3.8, 4) is 0 Å². The summed E-state index contributed by atoms with van der Waals surface area (Å²) >= 11 is -1.41. The molecule has 0 saturated heterocycles. The lowest BCUT2D eigenvalue weighted by Gasteiger charge is -2.21. The Morgan fingerprint density at radius 3 is 2.47 bits per heavy atom. The van der Waals surface area contributed by atoms with E-state index in [0.29, 0.717) is 16.2 Å². The van der Waals surface area contributed by atoms with Gasteiger partial charge in [-0.3, -0.25) is 4.55 Å². The van der Waals surface area contributed by atoms with Crippen LogP contribution < -0.4 is 0 Å². The van der Waals surface area contributed by atoms with Crippen LogP contribution in [0.5, 0.6) is 0 Å². The largest absolute Gasteiger partial charge is 0.606 e. The summed E-state index contributed by atoms with van der Waals surface area (Å²) in [5.41, 5.74) is 1.80. The van der Waals surface area contributed by atoms with Gasteiger partial charge < -0.3 is 4.55 Å². The highest BCUT2D eigenvalue weighted by molar-refractivity contribution is 7.91. The summed E-state index contributed by atoms with van der Waals surface area (Å²) in [5, 5.41) is 0. The lowest BCUT2D eigenvalue weighted by atomic mass is 10.0. The summed E-state index contributed by atoms with van der Waals surface area (Å²) in [5.74, 6) is 0. The van der Waals surface area contributed by atoms with E-state index in [1.54, 1.807) is 18.2 Å². The van der Waals surface area contributed by atoms with Crippen LogP contribution in [0.25, 0.3) is 0 Å². The molecule has 0 aliphatic carbocycles. The number of hydrogen-bond acceptors (Lipinski definition) is 3. The van der Waals surface area contributed by atoms with Gasteiger partial charge in [0, 0.05) is 34.8 Å². The fraction of sp³-hybridized carbons (Fsp3) is 0.0769. The van der Waals surface area contributed by atoms with E-state index < -0.39 is 21.3 Å². The van der Waals surface area contributed by atoms with Gasteiger partial charge in [0.25, 0.3) is 10.1 Å². The first-order chi connectivity index (χ1) is 8.97. The van der Waals surface area contributed by atoms with E-state index in [1.807, 2.05) is 12.1 Å². The highest BCUT2D eigenvalue weighted by Crippen LogP contribution is 2.35. The van der Waals surface area contributed by atoms with Gasteiger partial charge in [-0.1, -0.05) is 24.3 Å². The van der Waals surface area contributed by atoms with Crippen LogP contribution in [0.4, 0.5) is 0 Å². The summed E-state index contributed by atoms with van der Waals surface area (Å²) in [7, 11) is -4.27. The maximum Gasteiger partial charge on any atom is 0.294 e. The molecule has 2 aromatic carbocycles. The molecule has 0 aromatic heterocycles. The Morgan fingerprint density at radius 1 is 1.05 bits per heavy atom. The first-order valence-corrected chi connectivity index (χ1v) is 8.16. The minimum absolute atomic E-state index is 0.223. The SMILES string of the molecule is O=S(=O)(O)c1ccc2c(c1)[S+]([O-])c1ccccc1C2. The van der Waals surface area contributed by atoms with Crippen LogP contribution in [-0.2, 0) is 27.7 Å². The first kappa shape index (κ1) is 12.7. The molecular weight excluding hydrogens is 284 g/mol. The van der Waals surface area contributed by atoms with Crippen LogP contribution in [0.1, 0.15) is 11.1 Å². The van der Waals surface area contributed by atoms with Crippen LogP contribution in [0.3, 0.4) is 0 Å². The van der Waals surface area contributed by atoms with Gasteiger partial charge in [0.15, 0.2) is 9.79 Å². The predicted octanol–water partition coefficient (Wildman–Crippen LogP) is 2.00. The molecule has 1 aliphatic heterocycles. The summed E-state index contributed by atoms with van der Waals surface area (Å²) in [4.78, 5) is 0.926. The van der Waals surface area contributed by atoms with E-state index in [1.165, 1.54) is 12.1 Å². The van der Waals surface area contributed by atoms with Crippen LogP contribution in [-0.4, -0.2) is 17.5 Å². The molecular formula is C13H10O4S2. The van der Waals surface area contributed by atoms with Crippen LogP contribution in [0.2, 0.25) is 0 Å². The molecule has 2 aromatic rings. The van der Waals surface area contributed by atoms with Gasteiger partial charge in [-0.05, 0) is 12.1 Å². The minimum atomic E-state index is -4.27. The third kappa shape index (κ3) is 2.17. The monoisotopic (exact) mass is 294 g/mol. The van der Waals surface area contributed by atoms with Gasteiger partial charge in [-0.25, -0.2) is 0 Å². The molecule has 1 N–H and O–H groups in total. The molecule has 0 saturated carbocycles. The summed E-state index contributed by atoms with van der Waals surface area (Å²) in [6.07, 6.45) is 0.614. The van der Waals surface area contributed by atoms with E-state index >= 15 is 0 Å². The van der Waals surface area contributed by atoms with Gasteiger partial charge in [0.05, 0.1) is 4.90 Å². The standard InChI is InChI=1S/C13H10O4S2/c14-18-12-4-2-1-3-9(12)7-10-5-6-11(8-13(10)18)19(15,16)17/h1-6,8H,7H2,(H,15,16,17). The fourth-order valence-electron chi connectivity index (χ4n) is 2.17. The lowest BCUT2D eigenvalue weighted by Crippen LogP contribution is -2.15. The van der Waals surface area contributed by atoms with Crippen molar-refractivity contribution in [1.29, 1.82) is 0 Å². The molecule has 6 heteroatoms. The molecule has 4 nitrogen and oxygen atoms in total. The van der Waals surface area contributed by atoms with Crippen molar-refractivity contribution < 1.29 is 17.5 Å². The van der Waals surface area contributed by atoms with E-state index in [9.17, 15) is 13.0 Å². The van der Waals surface area contributed by atoms with Crippen molar-refractivity contribution in [2.24, 2.45) is 0 Å². The Bertz CT molecular complexity index is 753. The summed E-state index contributed by atoms with van der Waals surface area (Å²) in [6, 6.07) is 11.6. The third-order valence-corrected chi connectivity index (χ3v) is 5.52. The molecule has 0 spiro atoms. The second-order valence-electron chi connectivity index (χ2n) is 4.30. The van der Waals surface area contributed by atoms with Gasteiger partial charge in [-0.2, -0.15) is 8.42 Å². The zero-order chi connectivity index (χ0) is 13.6. The van der Waals surface area contributed by atoms with Crippen LogP contribution >= 0.6 is 0 Å². The average Bonchev–Trinajstić information content (AvgIpc) is 2.37. The predicted molar refractivity (Wildman–Crippen MR) is 70.2 cm³/mol. The van der Waals surface area contributed by atoms with Crippen molar-refractivity contribution in [3.05, 3.63) is 53.6 Å². The maximum absolute atomic E-state index is 12.4.